The summed E-state index contributed by atoms with van der Waals surface area (Å²) < 4.78 is 0. The minimum atomic E-state index is -1.18. The second-order valence-corrected chi connectivity index (χ2v) is 9.26. The molecule has 4 atom stereocenters. The van der Waals surface area contributed by atoms with E-state index in [0.29, 0.717) is 38.8 Å². The smallest absolute Gasteiger partial charge is 0.326 e. The summed E-state index contributed by atoms with van der Waals surface area (Å²) in [5.41, 5.74) is 16.7. The van der Waals surface area contributed by atoms with Crippen LogP contribution < -0.4 is 33.2 Å². The van der Waals surface area contributed by atoms with E-state index in [1.807, 2.05) is 13.8 Å². The van der Waals surface area contributed by atoms with E-state index in [9.17, 15) is 29.1 Å². The van der Waals surface area contributed by atoms with Gasteiger partial charge >= 0.3 is 11.9 Å². The number of carbonyl (C=O) groups is 5. The SMILES string of the molecule is CC(C)C[C@H](NC(=O)[C@H](CCCCN)NC(=O)[C@@H](N)CCC(=O)O)C(=O)N[C@@H](CCCCN)C(=O)O. The van der Waals surface area contributed by atoms with Crippen LogP contribution in [0.15, 0.2) is 0 Å². The van der Waals surface area contributed by atoms with Crippen molar-refractivity contribution in [2.45, 2.75) is 95.8 Å². The fourth-order valence-corrected chi connectivity index (χ4v) is 3.45. The molecule has 0 aromatic carbocycles. The molecule has 11 N–H and O–H groups in total. The molecule has 0 heterocycles. The summed E-state index contributed by atoms with van der Waals surface area (Å²) in [4.78, 5) is 60.8. The zero-order valence-electron chi connectivity index (χ0n) is 21.3. The highest BCUT2D eigenvalue weighted by Gasteiger charge is 2.30. The van der Waals surface area contributed by atoms with Crippen LogP contribution in [-0.4, -0.2) is 77.1 Å². The number of hydrogen-bond donors (Lipinski definition) is 8. The predicted octanol–water partition coefficient (Wildman–Crippen LogP) is -0.978. The van der Waals surface area contributed by atoms with Gasteiger partial charge in [0.05, 0.1) is 6.04 Å². The lowest BCUT2D eigenvalue weighted by atomic mass is 10.0. The molecule has 0 rings (SSSR count). The van der Waals surface area contributed by atoms with Crippen LogP contribution in [-0.2, 0) is 24.0 Å². The van der Waals surface area contributed by atoms with Crippen molar-refractivity contribution in [2.24, 2.45) is 23.1 Å². The molecule has 0 radical (unpaired) electrons. The standard InChI is InChI=1S/C23H44N6O7/c1-14(2)13-18(22(34)28-17(23(35)36)8-4-6-12-25)29-21(33)16(7-3-5-11-24)27-20(32)15(26)9-10-19(30)31/h14-18H,3-13,24-26H2,1-2H3,(H,27,32)(H,28,34)(H,29,33)(H,30,31)(H,35,36)/t15-,16-,17-,18-/m0/s1. The molecule has 0 fully saturated rings. The maximum absolute atomic E-state index is 13.1. The third-order valence-electron chi connectivity index (χ3n) is 5.49. The molecule has 0 bridgehead atoms. The Kier molecular flexibility index (Phi) is 17.1. The zero-order valence-corrected chi connectivity index (χ0v) is 21.3. The van der Waals surface area contributed by atoms with Crippen LogP contribution in [0.5, 0.6) is 0 Å². The van der Waals surface area contributed by atoms with Gasteiger partial charge in [0.15, 0.2) is 0 Å². The topological polar surface area (TPSA) is 240 Å². The molecule has 36 heavy (non-hydrogen) atoms. The first-order chi connectivity index (χ1) is 16.9. The first kappa shape index (κ1) is 33.2. The lowest BCUT2D eigenvalue weighted by Gasteiger charge is -2.26. The summed E-state index contributed by atoms with van der Waals surface area (Å²) in [6.07, 6.45) is 2.53. The Hall–Kier alpha value is -2.77. The van der Waals surface area contributed by atoms with Gasteiger partial charge in [0.1, 0.15) is 18.1 Å². The first-order valence-electron chi connectivity index (χ1n) is 12.4. The van der Waals surface area contributed by atoms with Gasteiger partial charge in [-0.15, -0.1) is 0 Å². The number of carbonyl (C=O) groups excluding carboxylic acids is 3. The van der Waals surface area contributed by atoms with Crippen molar-refractivity contribution in [1.29, 1.82) is 0 Å². The van der Waals surface area contributed by atoms with Crippen molar-refractivity contribution < 1.29 is 34.2 Å². The predicted molar refractivity (Wildman–Crippen MR) is 134 cm³/mol. The average Bonchev–Trinajstić information content (AvgIpc) is 2.80. The minimum absolute atomic E-state index is 0.00343. The Morgan fingerprint density at radius 2 is 1.17 bits per heavy atom. The van der Waals surface area contributed by atoms with Gasteiger partial charge in [0.2, 0.25) is 17.7 Å². The average molecular weight is 517 g/mol. The van der Waals surface area contributed by atoms with Crippen LogP contribution in [0.2, 0.25) is 0 Å². The van der Waals surface area contributed by atoms with Crippen LogP contribution in [0, 0.1) is 5.92 Å². The molecule has 0 aromatic rings. The van der Waals surface area contributed by atoms with Crippen LogP contribution in [0.3, 0.4) is 0 Å². The van der Waals surface area contributed by atoms with E-state index in [1.165, 1.54) is 0 Å². The molecular weight excluding hydrogens is 472 g/mol. The molecule has 0 saturated heterocycles. The molecule has 0 saturated carbocycles. The number of rotatable bonds is 20. The molecule has 0 aromatic heterocycles. The summed E-state index contributed by atoms with van der Waals surface area (Å²) in [5.74, 6) is -4.22. The molecule has 13 nitrogen and oxygen atoms in total. The Balaban J connectivity index is 5.45. The van der Waals surface area contributed by atoms with E-state index in [0.717, 1.165) is 0 Å². The van der Waals surface area contributed by atoms with Crippen LogP contribution >= 0.6 is 0 Å². The quantitative estimate of drug-likeness (QED) is 0.0919. The maximum atomic E-state index is 13.1. The lowest BCUT2D eigenvalue weighted by Crippen LogP contribution is -2.57. The fourth-order valence-electron chi connectivity index (χ4n) is 3.45. The molecule has 0 aliphatic rings. The fraction of sp³-hybridized carbons (Fsp3) is 0.783. The van der Waals surface area contributed by atoms with Gasteiger partial charge in [-0.3, -0.25) is 19.2 Å². The van der Waals surface area contributed by atoms with Gasteiger partial charge in [0, 0.05) is 6.42 Å². The van der Waals surface area contributed by atoms with Crippen molar-refractivity contribution in [3.8, 4) is 0 Å². The Labute approximate surface area is 212 Å². The highest BCUT2D eigenvalue weighted by atomic mass is 16.4. The number of hydrogen-bond acceptors (Lipinski definition) is 8. The number of aliphatic carboxylic acids is 2. The molecule has 0 unspecified atom stereocenters. The van der Waals surface area contributed by atoms with Crippen molar-refractivity contribution in [3.05, 3.63) is 0 Å². The van der Waals surface area contributed by atoms with Gasteiger partial charge in [-0.25, -0.2) is 4.79 Å². The normalized spacial score (nSPS) is 14.4. The van der Waals surface area contributed by atoms with Gasteiger partial charge in [-0.05, 0) is 70.4 Å². The van der Waals surface area contributed by atoms with E-state index in [-0.39, 0.29) is 38.0 Å². The number of amides is 3. The number of carboxylic acids is 2. The molecule has 0 aliphatic heterocycles. The molecular formula is C23H44N6O7. The summed E-state index contributed by atoms with van der Waals surface area (Å²) in [5, 5.41) is 25.9. The lowest BCUT2D eigenvalue weighted by molar-refractivity contribution is -0.142. The number of nitrogens with one attached hydrogen (secondary N) is 3. The van der Waals surface area contributed by atoms with Gasteiger partial charge in [0.25, 0.3) is 0 Å². The van der Waals surface area contributed by atoms with Gasteiger partial charge in [-0.2, -0.15) is 0 Å². The van der Waals surface area contributed by atoms with Crippen molar-refractivity contribution >= 4 is 29.7 Å². The van der Waals surface area contributed by atoms with Crippen molar-refractivity contribution in [2.75, 3.05) is 13.1 Å². The van der Waals surface area contributed by atoms with E-state index in [4.69, 9.17) is 22.3 Å². The van der Waals surface area contributed by atoms with Crippen molar-refractivity contribution in [3.63, 3.8) is 0 Å². The van der Waals surface area contributed by atoms with Crippen molar-refractivity contribution in [1.82, 2.24) is 16.0 Å². The maximum Gasteiger partial charge on any atom is 0.326 e. The Morgan fingerprint density at radius 1 is 0.694 bits per heavy atom. The van der Waals surface area contributed by atoms with Gasteiger partial charge in [-0.1, -0.05) is 13.8 Å². The number of nitrogens with two attached hydrogens (primary N) is 3. The molecule has 0 spiro atoms. The van der Waals surface area contributed by atoms with E-state index in [2.05, 4.69) is 16.0 Å². The van der Waals surface area contributed by atoms with E-state index in [1.54, 1.807) is 0 Å². The van der Waals surface area contributed by atoms with Gasteiger partial charge < -0.3 is 43.4 Å². The molecule has 3 amide bonds. The van der Waals surface area contributed by atoms with Crippen LogP contribution in [0.1, 0.15) is 71.6 Å². The molecule has 13 heteroatoms. The second kappa shape index (κ2) is 18.5. The van der Waals surface area contributed by atoms with Crippen LogP contribution in [0.25, 0.3) is 0 Å². The Bertz CT molecular complexity index is 719. The Morgan fingerprint density at radius 3 is 1.64 bits per heavy atom. The highest BCUT2D eigenvalue weighted by Crippen LogP contribution is 2.10. The van der Waals surface area contributed by atoms with E-state index >= 15 is 0 Å². The largest absolute Gasteiger partial charge is 0.481 e. The molecule has 208 valence electrons. The summed E-state index contributed by atoms with van der Waals surface area (Å²) in [6.45, 7) is 4.50. The monoisotopic (exact) mass is 516 g/mol. The third kappa shape index (κ3) is 14.6. The summed E-state index contributed by atoms with van der Waals surface area (Å²) in [6, 6.07) is -4.29. The van der Waals surface area contributed by atoms with Crippen LogP contribution in [0.4, 0.5) is 0 Å². The number of unbranched alkanes of at least 4 members (excludes halogenated alkanes) is 2. The minimum Gasteiger partial charge on any atom is -0.481 e. The second-order valence-electron chi connectivity index (χ2n) is 9.26. The van der Waals surface area contributed by atoms with E-state index < -0.39 is 53.8 Å². The number of carboxylic acid groups (broad SMARTS) is 2. The first-order valence-corrected chi connectivity index (χ1v) is 12.4. The zero-order chi connectivity index (χ0) is 27.7. The molecule has 0 aliphatic carbocycles. The summed E-state index contributed by atoms with van der Waals surface area (Å²) >= 11 is 0. The third-order valence-corrected chi connectivity index (χ3v) is 5.49. The summed E-state index contributed by atoms with van der Waals surface area (Å²) in [7, 11) is 0. The highest BCUT2D eigenvalue weighted by molar-refractivity contribution is 5.94.